The Kier molecular flexibility index (Phi) is 9.12. The van der Waals surface area contributed by atoms with Crippen LogP contribution in [-0.2, 0) is 38.8 Å². The van der Waals surface area contributed by atoms with Crippen LogP contribution in [0, 0.1) is 0 Å². The van der Waals surface area contributed by atoms with E-state index in [0.717, 1.165) is 33.3 Å². The Morgan fingerprint density at radius 2 is 1.29 bits per heavy atom. The van der Waals surface area contributed by atoms with E-state index in [1.54, 1.807) is 0 Å². The molecule has 2 heterocycles. The first kappa shape index (κ1) is 28.0. The molecule has 0 spiro atoms. The van der Waals surface area contributed by atoms with Crippen molar-refractivity contribution in [1.29, 1.82) is 0 Å². The third-order valence-electron chi connectivity index (χ3n) is 7.47. The predicted octanol–water partition coefficient (Wildman–Crippen LogP) is 6.66. The van der Waals surface area contributed by atoms with Gasteiger partial charge in [-0.3, -0.25) is 0 Å². The molecule has 0 saturated carbocycles. The van der Waals surface area contributed by atoms with Gasteiger partial charge < -0.3 is 18.9 Å². The minimum atomic E-state index is -0.537. The number of benzene rings is 4. The van der Waals surface area contributed by atoms with Crippen LogP contribution in [0.1, 0.15) is 29.8 Å². The van der Waals surface area contributed by atoms with Crippen molar-refractivity contribution >= 4 is 11.0 Å². The molecular formula is C35H35N3O4. The van der Waals surface area contributed by atoms with Gasteiger partial charge in [0.05, 0.1) is 31.9 Å². The summed E-state index contributed by atoms with van der Waals surface area (Å²) < 4.78 is 28.3. The highest BCUT2D eigenvalue weighted by Gasteiger charge is 2.45. The highest BCUT2D eigenvalue weighted by Crippen LogP contribution is 2.38. The lowest BCUT2D eigenvalue weighted by Crippen LogP contribution is -2.52. The van der Waals surface area contributed by atoms with Gasteiger partial charge in [-0.1, -0.05) is 114 Å². The van der Waals surface area contributed by atoms with Crippen LogP contribution in [0.4, 0.5) is 0 Å². The second-order valence-corrected chi connectivity index (χ2v) is 10.3. The summed E-state index contributed by atoms with van der Waals surface area (Å²) in [6.45, 7) is 3.64. The first-order valence-electron chi connectivity index (χ1n) is 14.3. The lowest BCUT2D eigenvalue weighted by Gasteiger charge is -2.43. The predicted molar refractivity (Wildman–Crippen MR) is 161 cm³/mol. The molecule has 214 valence electrons. The normalized spacial score (nSPS) is 21.6. The third kappa shape index (κ3) is 6.50. The summed E-state index contributed by atoms with van der Waals surface area (Å²) >= 11 is 0. The maximum atomic E-state index is 6.83. The van der Waals surface area contributed by atoms with Crippen molar-refractivity contribution in [2.75, 3.05) is 6.61 Å². The summed E-state index contributed by atoms with van der Waals surface area (Å²) in [6.07, 6.45) is 0.240. The SMILES string of the molecule is C/C=C1/C(n2nnc3ccccc32)O[C@H](COCc2ccccc2)[C@@H](OCc2ccccc2)[C@@H]1OCc1ccccc1. The third-order valence-corrected chi connectivity index (χ3v) is 7.47. The Balaban J connectivity index is 1.33. The number of allylic oxidation sites excluding steroid dienone is 1. The average Bonchev–Trinajstić information content (AvgIpc) is 3.48. The van der Waals surface area contributed by atoms with E-state index in [0.29, 0.717) is 26.4 Å². The van der Waals surface area contributed by atoms with Gasteiger partial charge in [0.2, 0.25) is 0 Å². The standard InChI is InChI=1S/C35H35N3O4/c1-2-29-33(40-23-27-16-8-4-9-17-27)34(41-24-28-18-10-5-11-19-28)32(25-39-22-26-14-6-3-7-15-26)42-35(29)38-31-21-13-12-20-30(31)36-37-38/h2-21,32-35H,22-25H2,1H3/b29-2+/t32-,33-,34-,35?/m1/s1. The van der Waals surface area contributed by atoms with Crippen molar-refractivity contribution in [3.8, 4) is 0 Å². The summed E-state index contributed by atoms with van der Waals surface area (Å²) in [5, 5.41) is 8.92. The number of hydrogen-bond donors (Lipinski definition) is 0. The van der Waals surface area contributed by atoms with E-state index in [1.807, 2.05) is 90.5 Å². The first-order valence-corrected chi connectivity index (χ1v) is 14.3. The molecule has 7 heteroatoms. The van der Waals surface area contributed by atoms with Gasteiger partial charge >= 0.3 is 0 Å². The van der Waals surface area contributed by atoms with Crippen molar-refractivity contribution in [3.05, 3.63) is 144 Å². The number of para-hydroxylation sites is 1. The van der Waals surface area contributed by atoms with Crippen LogP contribution >= 0.6 is 0 Å². The van der Waals surface area contributed by atoms with Crippen LogP contribution in [0.3, 0.4) is 0 Å². The largest absolute Gasteiger partial charge is 0.374 e. The summed E-state index contributed by atoms with van der Waals surface area (Å²) in [6, 6.07) is 38.4. The Labute approximate surface area is 246 Å². The minimum absolute atomic E-state index is 0.319. The molecule has 0 N–H and O–H groups in total. The topological polar surface area (TPSA) is 67.6 Å². The number of nitrogens with zero attached hydrogens (tertiary/aromatic N) is 3. The maximum absolute atomic E-state index is 6.83. The van der Waals surface area contributed by atoms with E-state index in [-0.39, 0.29) is 0 Å². The first-order chi connectivity index (χ1) is 20.8. The number of fused-ring (bicyclic) bond motifs is 1. The second-order valence-electron chi connectivity index (χ2n) is 10.3. The fourth-order valence-electron chi connectivity index (χ4n) is 5.33. The Hall–Kier alpha value is -4.14. The zero-order chi connectivity index (χ0) is 28.6. The van der Waals surface area contributed by atoms with Gasteiger partial charge in [-0.05, 0) is 35.7 Å². The van der Waals surface area contributed by atoms with Gasteiger partial charge in [0.25, 0.3) is 0 Å². The average molecular weight is 562 g/mol. The van der Waals surface area contributed by atoms with Crippen LogP contribution in [0.5, 0.6) is 0 Å². The van der Waals surface area contributed by atoms with E-state index in [9.17, 15) is 0 Å². The summed E-state index contributed by atoms with van der Waals surface area (Å²) in [7, 11) is 0. The molecule has 1 unspecified atom stereocenters. The smallest absolute Gasteiger partial charge is 0.177 e. The van der Waals surface area contributed by atoms with Crippen molar-refractivity contribution in [1.82, 2.24) is 15.0 Å². The van der Waals surface area contributed by atoms with Crippen molar-refractivity contribution < 1.29 is 18.9 Å². The lowest BCUT2D eigenvalue weighted by molar-refractivity contribution is -0.210. The van der Waals surface area contributed by atoms with E-state index < -0.39 is 24.5 Å². The van der Waals surface area contributed by atoms with Crippen molar-refractivity contribution in [2.45, 2.75) is 51.3 Å². The van der Waals surface area contributed by atoms with Crippen molar-refractivity contribution in [2.24, 2.45) is 0 Å². The molecule has 0 bridgehead atoms. The van der Waals surface area contributed by atoms with Crippen molar-refractivity contribution in [3.63, 3.8) is 0 Å². The molecule has 1 saturated heterocycles. The zero-order valence-corrected chi connectivity index (χ0v) is 23.7. The van der Waals surface area contributed by atoms with Gasteiger partial charge in [0, 0.05) is 5.57 Å². The number of hydrogen-bond acceptors (Lipinski definition) is 6. The zero-order valence-electron chi connectivity index (χ0n) is 23.7. The summed E-state index contributed by atoms with van der Waals surface area (Å²) in [5.41, 5.74) is 5.88. The summed E-state index contributed by atoms with van der Waals surface area (Å²) in [4.78, 5) is 0. The molecule has 1 aliphatic rings. The Bertz CT molecular complexity index is 1570. The minimum Gasteiger partial charge on any atom is -0.374 e. The van der Waals surface area contributed by atoms with Crippen LogP contribution in [0.25, 0.3) is 11.0 Å². The second kappa shape index (κ2) is 13.7. The molecule has 0 aliphatic carbocycles. The fraction of sp³-hybridized carbons (Fsp3) is 0.257. The molecule has 1 fully saturated rings. The molecule has 1 aliphatic heterocycles. The number of aromatic nitrogens is 3. The monoisotopic (exact) mass is 561 g/mol. The lowest BCUT2D eigenvalue weighted by atomic mass is 9.94. The summed E-state index contributed by atoms with van der Waals surface area (Å²) in [5.74, 6) is 0. The van der Waals surface area contributed by atoms with Crippen LogP contribution in [0.2, 0.25) is 0 Å². The molecule has 6 rings (SSSR count). The molecule has 4 aromatic carbocycles. The Morgan fingerprint density at radius 1 is 0.714 bits per heavy atom. The molecule has 0 radical (unpaired) electrons. The van der Waals surface area contributed by atoms with Crippen LogP contribution < -0.4 is 0 Å². The van der Waals surface area contributed by atoms with E-state index in [1.165, 1.54) is 0 Å². The Morgan fingerprint density at radius 3 is 1.93 bits per heavy atom. The van der Waals surface area contributed by atoms with E-state index in [4.69, 9.17) is 18.9 Å². The quantitative estimate of drug-likeness (QED) is 0.168. The van der Waals surface area contributed by atoms with Gasteiger partial charge in [-0.15, -0.1) is 5.10 Å². The molecular weight excluding hydrogens is 526 g/mol. The molecule has 7 nitrogen and oxygen atoms in total. The maximum Gasteiger partial charge on any atom is 0.177 e. The van der Waals surface area contributed by atoms with Gasteiger partial charge in [-0.2, -0.15) is 0 Å². The van der Waals surface area contributed by atoms with Gasteiger partial charge in [0.1, 0.15) is 23.8 Å². The highest BCUT2D eigenvalue weighted by molar-refractivity contribution is 5.74. The molecule has 1 aromatic heterocycles. The van der Waals surface area contributed by atoms with E-state index >= 15 is 0 Å². The van der Waals surface area contributed by atoms with Crippen LogP contribution in [0.15, 0.2) is 127 Å². The van der Waals surface area contributed by atoms with Gasteiger partial charge in [-0.25, -0.2) is 4.68 Å². The molecule has 0 amide bonds. The number of rotatable bonds is 11. The molecule has 5 aromatic rings. The van der Waals surface area contributed by atoms with Crippen LogP contribution in [-0.4, -0.2) is 39.9 Å². The van der Waals surface area contributed by atoms with E-state index in [2.05, 4.69) is 52.8 Å². The van der Waals surface area contributed by atoms with Gasteiger partial charge in [0.15, 0.2) is 6.23 Å². The fourth-order valence-corrected chi connectivity index (χ4v) is 5.33. The molecule has 4 atom stereocenters. The highest BCUT2D eigenvalue weighted by atomic mass is 16.6. The molecule has 42 heavy (non-hydrogen) atoms. The number of ether oxygens (including phenoxy) is 4.